The molecule has 0 saturated heterocycles. The second kappa shape index (κ2) is 7.57. The number of fused-ring (bicyclic) bond motifs is 1. The van der Waals surface area contributed by atoms with E-state index in [4.69, 9.17) is 0 Å². The van der Waals surface area contributed by atoms with Gasteiger partial charge in [-0.1, -0.05) is 6.07 Å². The van der Waals surface area contributed by atoms with E-state index in [1.54, 1.807) is 11.8 Å². The summed E-state index contributed by atoms with van der Waals surface area (Å²) < 4.78 is 1.97. The van der Waals surface area contributed by atoms with Gasteiger partial charge in [-0.3, -0.25) is 4.79 Å². The number of aromatic amines is 1. The molecule has 3 aromatic rings. The van der Waals surface area contributed by atoms with Crippen molar-refractivity contribution in [3.63, 3.8) is 0 Å². The summed E-state index contributed by atoms with van der Waals surface area (Å²) in [6.07, 6.45) is 6.74. The molecule has 0 spiro atoms. The van der Waals surface area contributed by atoms with Crippen LogP contribution in [0.15, 0.2) is 42.7 Å². The summed E-state index contributed by atoms with van der Waals surface area (Å²) in [5, 5.41) is 3.01. The number of thioether (sulfide) groups is 1. The molecule has 0 aliphatic carbocycles. The Morgan fingerprint density at radius 2 is 2.17 bits per heavy atom. The Balaban J connectivity index is 1.67. The van der Waals surface area contributed by atoms with Gasteiger partial charge in [-0.2, -0.15) is 11.8 Å². The molecule has 0 fully saturated rings. The van der Waals surface area contributed by atoms with Gasteiger partial charge in [-0.05, 0) is 55.2 Å². The number of carbonyl (C=O) groups excluding carboxylic acids is 1. The number of benzene rings is 1. The molecule has 0 radical (unpaired) electrons. The lowest BCUT2D eigenvalue weighted by Crippen LogP contribution is -2.32. The second-order valence-corrected chi connectivity index (χ2v) is 6.84. The quantitative estimate of drug-likeness (QED) is 0.692. The number of aromatic nitrogens is 3. The number of H-pyrrole nitrogens is 1. The fourth-order valence-corrected chi connectivity index (χ4v) is 3.21. The first-order chi connectivity index (χ1) is 11.7. The summed E-state index contributed by atoms with van der Waals surface area (Å²) in [6.45, 7) is 2.46. The summed E-state index contributed by atoms with van der Waals surface area (Å²) in [6, 6.07) is 9.80. The number of imidazole rings is 1. The molecule has 3 rings (SSSR count). The van der Waals surface area contributed by atoms with Crippen molar-refractivity contribution in [2.75, 3.05) is 12.0 Å². The second-order valence-electron chi connectivity index (χ2n) is 5.85. The number of carbonyl (C=O) groups is 1. The van der Waals surface area contributed by atoms with E-state index in [-0.39, 0.29) is 11.9 Å². The van der Waals surface area contributed by atoms with Crippen LogP contribution < -0.4 is 5.32 Å². The summed E-state index contributed by atoms with van der Waals surface area (Å²) >= 11 is 1.75. The summed E-state index contributed by atoms with van der Waals surface area (Å²) in [7, 11) is 0. The van der Waals surface area contributed by atoms with Crippen LogP contribution in [0.3, 0.4) is 0 Å². The van der Waals surface area contributed by atoms with Crippen LogP contribution in [0.25, 0.3) is 11.0 Å². The zero-order chi connectivity index (χ0) is 16.9. The molecule has 126 valence electrons. The van der Waals surface area contributed by atoms with E-state index in [1.165, 1.54) is 5.56 Å². The molecule has 2 N–H and O–H groups in total. The molecule has 0 unspecified atom stereocenters. The van der Waals surface area contributed by atoms with E-state index in [0.29, 0.717) is 6.54 Å². The summed E-state index contributed by atoms with van der Waals surface area (Å²) in [5.74, 6) is 1.75. The number of aryl methyl sites for hydroxylation is 1. The first-order valence-corrected chi connectivity index (χ1v) is 9.41. The Kier molecular flexibility index (Phi) is 5.25. The number of nitrogens with one attached hydrogen (secondary N) is 2. The van der Waals surface area contributed by atoms with Gasteiger partial charge < -0.3 is 14.9 Å². The Hall–Kier alpha value is -2.21. The first kappa shape index (κ1) is 16.6. The number of nitrogens with zero attached hydrogens (tertiary/aromatic N) is 2. The van der Waals surface area contributed by atoms with Crippen LogP contribution in [0.2, 0.25) is 0 Å². The van der Waals surface area contributed by atoms with E-state index < -0.39 is 0 Å². The molecule has 5 nitrogen and oxygen atoms in total. The SMILES string of the molecule is CSCC[C@H](C(=O)NCc1nc2ccc(C)cc2[nH]1)n1cccc1. The topological polar surface area (TPSA) is 62.7 Å². The van der Waals surface area contributed by atoms with E-state index in [0.717, 1.165) is 29.0 Å². The van der Waals surface area contributed by atoms with Crippen LogP contribution in [0, 0.1) is 6.92 Å². The minimum atomic E-state index is -0.181. The van der Waals surface area contributed by atoms with E-state index in [2.05, 4.69) is 34.5 Å². The molecular formula is C18H22N4OS. The molecule has 6 heteroatoms. The molecule has 0 aliphatic rings. The lowest BCUT2D eigenvalue weighted by molar-refractivity contribution is -0.124. The average Bonchev–Trinajstić information content (AvgIpc) is 3.22. The van der Waals surface area contributed by atoms with Gasteiger partial charge in [0.2, 0.25) is 5.91 Å². The Bertz CT molecular complexity index is 810. The molecule has 1 atom stereocenters. The van der Waals surface area contributed by atoms with Crippen molar-refractivity contribution >= 4 is 28.7 Å². The maximum Gasteiger partial charge on any atom is 0.243 e. The lowest BCUT2D eigenvalue weighted by atomic mass is 10.2. The standard InChI is InChI=1S/C18H22N4OS/c1-13-5-6-14-15(11-13)21-17(20-14)12-19-18(23)16(7-10-24-2)22-8-3-4-9-22/h3-6,8-9,11,16H,7,10,12H2,1-2H3,(H,19,23)(H,20,21)/t16-/m1/s1. The molecule has 0 aliphatic heterocycles. The van der Waals surface area contributed by atoms with Crippen molar-refractivity contribution in [2.24, 2.45) is 0 Å². The van der Waals surface area contributed by atoms with Crippen molar-refractivity contribution in [1.29, 1.82) is 0 Å². The van der Waals surface area contributed by atoms with Crippen LogP contribution >= 0.6 is 11.8 Å². The highest BCUT2D eigenvalue weighted by atomic mass is 32.2. The van der Waals surface area contributed by atoms with Gasteiger partial charge in [0.15, 0.2) is 0 Å². The fourth-order valence-electron chi connectivity index (χ4n) is 2.75. The molecule has 1 aromatic carbocycles. The average molecular weight is 342 g/mol. The van der Waals surface area contributed by atoms with Gasteiger partial charge in [0.05, 0.1) is 17.6 Å². The Morgan fingerprint density at radius 3 is 2.92 bits per heavy atom. The molecule has 2 heterocycles. The van der Waals surface area contributed by atoms with E-state index in [1.807, 2.05) is 41.2 Å². The van der Waals surface area contributed by atoms with Crippen molar-refractivity contribution < 1.29 is 4.79 Å². The van der Waals surface area contributed by atoms with Crippen LogP contribution in [0.1, 0.15) is 23.9 Å². The van der Waals surface area contributed by atoms with E-state index >= 15 is 0 Å². The third kappa shape index (κ3) is 3.82. The molecule has 0 saturated carbocycles. The summed E-state index contributed by atoms with van der Waals surface area (Å²) in [4.78, 5) is 20.4. The van der Waals surface area contributed by atoms with Gasteiger partial charge >= 0.3 is 0 Å². The van der Waals surface area contributed by atoms with Gasteiger partial charge in [-0.15, -0.1) is 0 Å². The van der Waals surface area contributed by atoms with Crippen molar-refractivity contribution in [1.82, 2.24) is 19.9 Å². The first-order valence-electron chi connectivity index (χ1n) is 8.01. The minimum absolute atomic E-state index is 0.0249. The maximum absolute atomic E-state index is 12.6. The van der Waals surface area contributed by atoms with Crippen LogP contribution in [0.5, 0.6) is 0 Å². The lowest BCUT2D eigenvalue weighted by Gasteiger charge is -2.18. The third-order valence-corrected chi connectivity index (χ3v) is 4.65. The van der Waals surface area contributed by atoms with Gasteiger partial charge in [0.1, 0.15) is 11.9 Å². The number of hydrogen-bond acceptors (Lipinski definition) is 3. The number of hydrogen-bond donors (Lipinski definition) is 2. The van der Waals surface area contributed by atoms with Crippen LogP contribution in [0.4, 0.5) is 0 Å². The smallest absolute Gasteiger partial charge is 0.243 e. The van der Waals surface area contributed by atoms with Crippen LogP contribution in [-0.4, -0.2) is 32.5 Å². The van der Waals surface area contributed by atoms with Gasteiger partial charge in [0.25, 0.3) is 0 Å². The van der Waals surface area contributed by atoms with Gasteiger partial charge in [0, 0.05) is 12.4 Å². The highest BCUT2D eigenvalue weighted by Gasteiger charge is 2.19. The molecule has 2 aromatic heterocycles. The predicted octanol–water partition coefficient (Wildman–Crippen LogP) is 3.28. The monoisotopic (exact) mass is 342 g/mol. The third-order valence-electron chi connectivity index (χ3n) is 4.00. The zero-order valence-electron chi connectivity index (χ0n) is 14.0. The minimum Gasteiger partial charge on any atom is -0.347 e. The predicted molar refractivity (Wildman–Crippen MR) is 99.1 cm³/mol. The molecule has 0 bridgehead atoms. The largest absolute Gasteiger partial charge is 0.347 e. The Labute approximate surface area is 145 Å². The van der Waals surface area contributed by atoms with Gasteiger partial charge in [-0.25, -0.2) is 4.98 Å². The van der Waals surface area contributed by atoms with Crippen LogP contribution in [-0.2, 0) is 11.3 Å². The maximum atomic E-state index is 12.6. The van der Waals surface area contributed by atoms with E-state index in [9.17, 15) is 4.79 Å². The Morgan fingerprint density at radius 1 is 1.38 bits per heavy atom. The van der Waals surface area contributed by atoms with Crippen molar-refractivity contribution in [3.8, 4) is 0 Å². The summed E-state index contributed by atoms with van der Waals surface area (Å²) in [5.41, 5.74) is 3.12. The zero-order valence-corrected chi connectivity index (χ0v) is 14.8. The molecule has 24 heavy (non-hydrogen) atoms. The highest BCUT2D eigenvalue weighted by molar-refractivity contribution is 7.98. The molecule has 1 amide bonds. The fraction of sp³-hybridized carbons (Fsp3) is 0.333. The van der Waals surface area contributed by atoms with Crippen molar-refractivity contribution in [3.05, 3.63) is 54.1 Å². The normalized spacial score (nSPS) is 12.4. The molecular weight excluding hydrogens is 320 g/mol. The van der Waals surface area contributed by atoms with Crippen molar-refractivity contribution in [2.45, 2.75) is 25.9 Å². The number of amides is 1. The number of rotatable bonds is 7. The highest BCUT2D eigenvalue weighted by Crippen LogP contribution is 2.16.